The molecule has 20 heavy (non-hydrogen) atoms. The first-order valence-electron chi connectivity index (χ1n) is 8.69. The van der Waals surface area contributed by atoms with E-state index in [4.69, 9.17) is 0 Å². The van der Waals surface area contributed by atoms with E-state index >= 15 is 0 Å². The minimum atomic E-state index is 0.479. The molecule has 1 saturated carbocycles. The van der Waals surface area contributed by atoms with Crippen molar-refractivity contribution in [3.63, 3.8) is 0 Å². The lowest BCUT2D eigenvalue weighted by molar-refractivity contribution is 0.165. The summed E-state index contributed by atoms with van der Waals surface area (Å²) in [5.74, 6) is 3.08. The van der Waals surface area contributed by atoms with E-state index < -0.39 is 0 Å². The summed E-state index contributed by atoms with van der Waals surface area (Å²) in [6.07, 6.45) is 6.81. The molecule has 0 amide bonds. The Morgan fingerprint density at radius 1 is 1.20 bits per heavy atom. The van der Waals surface area contributed by atoms with Gasteiger partial charge in [0, 0.05) is 11.3 Å². The third kappa shape index (κ3) is 6.39. The summed E-state index contributed by atoms with van der Waals surface area (Å²) >= 11 is 2.24. The summed E-state index contributed by atoms with van der Waals surface area (Å²) in [4.78, 5) is 0. The van der Waals surface area contributed by atoms with E-state index in [0.717, 1.165) is 23.1 Å². The van der Waals surface area contributed by atoms with Crippen LogP contribution in [0, 0.1) is 17.3 Å². The molecule has 1 aliphatic rings. The molecule has 1 aliphatic carbocycles. The molecule has 0 aromatic rings. The lowest BCUT2D eigenvalue weighted by atomic mass is 9.71. The molecule has 3 unspecified atom stereocenters. The molecule has 1 nitrogen and oxygen atoms in total. The van der Waals surface area contributed by atoms with Gasteiger partial charge in [-0.05, 0) is 61.7 Å². The maximum Gasteiger partial charge on any atom is 0.0204 e. The molecule has 0 heterocycles. The molecule has 0 spiro atoms. The summed E-state index contributed by atoms with van der Waals surface area (Å²) in [6.45, 7) is 15.4. The molecule has 0 aromatic carbocycles. The molecule has 1 rings (SSSR count). The molecule has 0 saturated heterocycles. The predicted molar refractivity (Wildman–Crippen MR) is 94.6 cm³/mol. The van der Waals surface area contributed by atoms with Crippen LogP contribution in [-0.4, -0.2) is 23.6 Å². The van der Waals surface area contributed by atoms with Crippen molar-refractivity contribution in [3.05, 3.63) is 0 Å². The number of hydrogen-bond donors (Lipinski definition) is 1. The van der Waals surface area contributed by atoms with E-state index in [1.165, 1.54) is 44.4 Å². The van der Waals surface area contributed by atoms with E-state index in [0.29, 0.717) is 5.41 Å². The van der Waals surface area contributed by atoms with Crippen LogP contribution in [0.1, 0.15) is 73.6 Å². The zero-order chi connectivity index (χ0) is 15.2. The number of nitrogens with one attached hydrogen (secondary N) is 1. The van der Waals surface area contributed by atoms with Gasteiger partial charge in [-0.3, -0.25) is 0 Å². The average Bonchev–Trinajstić information content (AvgIpc) is 2.35. The van der Waals surface area contributed by atoms with Gasteiger partial charge in [0.2, 0.25) is 0 Å². The van der Waals surface area contributed by atoms with Gasteiger partial charge in [-0.25, -0.2) is 0 Å². The molecule has 0 aliphatic heterocycles. The molecule has 1 fully saturated rings. The third-order valence-electron chi connectivity index (χ3n) is 4.70. The third-order valence-corrected chi connectivity index (χ3v) is 6.12. The normalized spacial score (nSPS) is 28.1. The molecule has 1 N–H and O–H groups in total. The second-order valence-electron chi connectivity index (χ2n) is 8.03. The average molecular weight is 300 g/mol. The van der Waals surface area contributed by atoms with E-state index in [1.54, 1.807) is 0 Å². The van der Waals surface area contributed by atoms with Crippen molar-refractivity contribution in [3.8, 4) is 0 Å². The summed E-state index contributed by atoms with van der Waals surface area (Å²) in [5.41, 5.74) is 0.479. The van der Waals surface area contributed by atoms with Crippen LogP contribution in [0.5, 0.6) is 0 Å². The van der Waals surface area contributed by atoms with Crippen molar-refractivity contribution < 1.29 is 0 Å². The molecule has 3 atom stereocenters. The SMILES string of the molecule is CCCNC1CCC(C(C)(C)C)CC1SCCC(C)C. The Kier molecular flexibility index (Phi) is 7.97. The van der Waals surface area contributed by atoms with Crippen molar-refractivity contribution in [1.82, 2.24) is 5.32 Å². The summed E-state index contributed by atoms with van der Waals surface area (Å²) in [5, 5.41) is 4.64. The summed E-state index contributed by atoms with van der Waals surface area (Å²) in [7, 11) is 0. The van der Waals surface area contributed by atoms with Crippen LogP contribution in [0.15, 0.2) is 0 Å². The topological polar surface area (TPSA) is 12.0 Å². The van der Waals surface area contributed by atoms with Crippen molar-refractivity contribution >= 4 is 11.8 Å². The maximum absolute atomic E-state index is 3.81. The monoisotopic (exact) mass is 299 g/mol. The fourth-order valence-corrected chi connectivity index (χ4v) is 4.86. The zero-order valence-corrected chi connectivity index (χ0v) is 15.5. The van der Waals surface area contributed by atoms with Gasteiger partial charge in [0.15, 0.2) is 0 Å². The number of thioether (sulfide) groups is 1. The molecule has 120 valence electrons. The fraction of sp³-hybridized carbons (Fsp3) is 1.00. The smallest absolute Gasteiger partial charge is 0.0204 e. The van der Waals surface area contributed by atoms with E-state index in [2.05, 4.69) is 58.6 Å². The van der Waals surface area contributed by atoms with Gasteiger partial charge in [-0.2, -0.15) is 11.8 Å². The highest BCUT2D eigenvalue weighted by molar-refractivity contribution is 7.99. The van der Waals surface area contributed by atoms with Crippen molar-refractivity contribution in [2.75, 3.05) is 12.3 Å². The Hall–Kier alpha value is 0.310. The Balaban J connectivity index is 2.53. The highest BCUT2D eigenvalue weighted by Gasteiger charge is 2.35. The van der Waals surface area contributed by atoms with Gasteiger partial charge < -0.3 is 5.32 Å². The Bertz CT molecular complexity index is 257. The second-order valence-corrected chi connectivity index (χ2v) is 9.38. The van der Waals surface area contributed by atoms with Crippen molar-refractivity contribution in [1.29, 1.82) is 0 Å². The first-order valence-corrected chi connectivity index (χ1v) is 9.74. The highest BCUT2D eigenvalue weighted by Crippen LogP contribution is 2.41. The van der Waals surface area contributed by atoms with E-state index in [9.17, 15) is 0 Å². The van der Waals surface area contributed by atoms with Crippen LogP contribution in [0.25, 0.3) is 0 Å². The van der Waals surface area contributed by atoms with Crippen LogP contribution in [0.4, 0.5) is 0 Å². The number of hydrogen-bond acceptors (Lipinski definition) is 2. The first-order chi connectivity index (χ1) is 9.34. The molecule has 0 radical (unpaired) electrons. The van der Waals surface area contributed by atoms with Gasteiger partial charge in [0.1, 0.15) is 0 Å². The summed E-state index contributed by atoms with van der Waals surface area (Å²) < 4.78 is 0. The standard InChI is InChI=1S/C18H37NS/c1-7-11-19-16-9-8-15(18(4,5)6)13-17(16)20-12-10-14(2)3/h14-17,19H,7-13H2,1-6H3. The van der Waals surface area contributed by atoms with Gasteiger partial charge in [0.25, 0.3) is 0 Å². The first kappa shape index (κ1) is 18.4. The second kappa shape index (κ2) is 8.68. The van der Waals surface area contributed by atoms with Crippen LogP contribution in [-0.2, 0) is 0 Å². The molecule has 0 bridgehead atoms. The Morgan fingerprint density at radius 2 is 1.90 bits per heavy atom. The Morgan fingerprint density at radius 3 is 2.45 bits per heavy atom. The molecular weight excluding hydrogens is 262 g/mol. The fourth-order valence-electron chi connectivity index (χ4n) is 3.12. The Labute approximate surface area is 132 Å². The maximum atomic E-state index is 3.81. The molecular formula is C18H37NS. The largest absolute Gasteiger partial charge is 0.313 e. The van der Waals surface area contributed by atoms with Gasteiger partial charge in [0.05, 0.1) is 0 Å². The highest BCUT2D eigenvalue weighted by atomic mass is 32.2. The van der Waals surface area contributed by atoms with Crippen LogP contribution in [0.2, 0.25) is 0 Å². The summed E-state index contributed by atoms with van der Waals surface area (Å²) in [6, 6.07) is 0.755. The van der Waals surface area contributed by atoms with E-state index in [-0.39, 0.29) is 0 Å². The lowest BCUT2D eigenvalue weighted by Crippen LogP contribution is -2.45. The van der Waals surface area contributed by atoms with Gasteiger partial charge in [-0.1, -0.05) is 41.5 Å². The van der Waals surface area contributed by atoms with Crippen molar-refractivity contribution in [2.45, 2.75) is 84.9 Å². The molecule has 2 heteroatoms. The minimum Gasteiger partial charge on any atom is -0.313 e. The van der Waals surface area contributed by atoms with Gasteiger partial charge >= 0.3 is 0 Å². The van der Waals surface area contributed by atoms with Gasteiger partial charge in [-0.15, -0.1) is 0 Å². The minimum absolute atomic E-state index is 0.479. The van der Waals surface area contributed by atoms with Crippen LogP contribution >= 0.6 is 11.8 Å². The van der Waals surface area contributed by atoms with Crippen LogP contribution < -0.4 is 5.32 Å². The van der Waals surface area contributed by atoms with Crippen LogP contribution in [0.3, 0.4) is 0 Å². The lowest BCUT2D eigenvalue weighted by Gasteiger charge is -2.42. The van der Waals surface area contributed by atoms with Crippen molar-refractivity contribution in [2.24, 2.45) is 17.3 Å². The number of rotatable bonds is 7. The van der Waals surface area contributed by atoms with E-state index in [1.807, 2.05) is 0 Å². The predicted octanol–water partition coefficient (Wildman–Crippen LogP) is 5.35. The quantitative estimate of drug-likeness (QED) is 0.680. The zero-order valence-electron chi connectivity index (χ0n) is 14.7. The molecule has 0 aromatic heterocycles.